The Kier molecular flexibility index (Phi) is 7.17. The summed E-state index contributed by atoms with van der Waals surface area (Å²) in [4.78, 5) is 12.5. The number of thioether (sulfide) groups is 1. The zero-order valence-corrected chi connectivity index (χ0v) is 19.5. The highest BCUT2D eigenvalue weighted by atomic mass is 32.2. The van der Waals surface area contributed by atoms with E-state index in [-0.39, 0.29) is 18.0 Å². The average Bonchev–Trinajstić information content (AvgIpc) is 3.18. The van der Waals surface area contributed by atoms with Crippen LogP contribution in [0, 0.1) is 5.92 Å². The molecule has 3 unspecified atom stereocenters. The summed E-state index contributed by atoms with van der Waals surface area (Å²) in [5.74, 6) is 3.17. The summed E-state index contributed by atoms with van der Waals surface area (Å²) in [5.41, 5.74) is 1.19. The average molecular weight is 444 g/mol. The van der Waals surface area contributed by atoms with Crippen LogP contribution in [0.25, 0.3) is 0 Å². The molecule has 2 N–H and O–H groups in total. The molecule has 0 radical (unpaired) electrons. The molecule has 1 saturated carbocycles. The first-order valence-electron chi connectivity index (χ1n) is 11.4. The molecule has 2 fully saturated rings. The zero-order valence-electron chi connectivity index (χ0n) is 18.6. The number of aromatic nitrogens is 3. The van der Waals surface area contributed by atoms with Crippen molar-refractivity contribution in [2.75, 3.05) is 5.75 Å². The molecule has 2 aliphatic rings. The first kappa shape index (κ1) is 22.1. The maximum absolute atomic E-state index is 12.5. The third-order valence-corrected chi connectivity index (χ3v) is 7.28. The molecule has 4 rings (SSSR count). The summed E-state index contributed by atoms with van der Waals surface area (Å²) in [6, 6.07) is 8.46. The molecule has 1 aliphatic heterocycles. The second kappa shape index (κ2) is 10.0. The molecule has 3 atom stereocenters. The molecule has 0 spiro atoms. The molecule has 31 heavy (non-hydrogen) atoms. The van der Waals surface area contributed by atoms with Gasteiger partial charge in [-0.1, -0.05) is 56.7 Å². The van der Waals surface area contributed by atoms with Crippen LogP contribution in [0.4, 0.5) is 0 Å². The van der Waals surface area contributed by atoms with Gasteiger partial charge < -0.3 is 14.6 Å². The number of hydrogen-bond donors (Lipinski definition) is 2. The van der Waals surface area contributed by atoms with Gasteiger partial charge in [0.1, 0.15) is 12.4 Å². The number of nitrogens with one attached hydrogen (secondary N) is 2. The minimum atomic E-state index is -0.0310. The van der Waals surface area contributed by atoms with Gasteiger partial charge in [-0.25, -0.2) is 0 Å². The molecule has 2 heterocycles. The lowest BCUT2D eigenvalue weighted by molar-refractivity contribution is -0.130. The highest BCUT2D eigenvalue weighted by Crippen LogP contribution is 2.29. The Labute approximate surface area is 188 Å². The fourth-order valence-electron chi connectivity index (χ4n) is 4.55. The quantitative estimate of drug-likeness (QED) is 0.606. The third-order valence-electron chi connectivity index (χ3n) is 6.22. The Hall–Kier alpha value is -2.06. The molecule has 1 aromatic heterocycles. The number of amides is 1. The van der Waals surface area contributed by atoms with Crippen molar-refractivity contribution in [1.82, 2.24) is 25.4 Å². The maximum Gasteiger partial charge on any atom is 0.225 e. The molecular formula is C23H33N5O2S. The number of hydrogen-bond acceptors (Lipinski definition) is 6. The molecule has 0 bridgehead atoms. The van der Waals surface area contributed by atoms with Gasteiger partial charge in [0.25, 0.3) is 0 Å². The molecule has 2 aromatic rings. The summed E-state index contributed by atoms with van der Waals surface area (Å²) in [6.45, 7) is 7.58. The predicted molar refractivity (Wildman–Crippen MR) is 122 cm³/mol. The molecule has 7 nitrogen and oxygen atoms in total. The monoisotopic (exact) mass is 443 g/mol. The molecule has 1 aromatic carbocycles. The Morgan fingerprint density at radius 3 is 2.84 bits per heavy atom. The van der Waals surface area contributed by atoms with Crippen LogP contribution >= 0.6 is 11.8 Å². The Balaban J connectivity index is 1.37. The second-order valence-electron chi connectivity index (χ2n) is 8.66. The van der Waals surface area contributed by atoms with Gasteiger partial charge in [-0.2, -0.15) is 0 Å². The third kappa shape index (κ3) is 5.06. The van der Waals surface area contributed by atoms with E-state index in [0.29, 0.717) is 18.6 Å². The number of ether oxygens (including phenoxy) is 1. The van der Waals surface area contributed by atoms with Crippen LogP contribution < -0.4 is 15.4 Å². The van der Waals surface area contributed by atoms with E-state index < -0.39 is 0 Å². The summed E-state index contributed by atoms with van der Waals surface area (Å²) in [5, 5.41) is 16.4. The highest BCUT2D eigenvalue weighted by molar-refractivity contribution is 7.99. The molecule has 1 aliphatic carbocycles. The molecular weight excluding hydrogens is 410 g/mol. The van der Waals surface area contributed by atoms with E-state index in [4.69, 9.17) is 4.74 Å². The number of fused-ring (bicyclic) bond motifs is 1. The van der Waals surface area contributed by atoms with Crippen molar-refractivity contribution in [2.24, 2.45) is 5.92 Å². The van der Waals surface area contributed by atoms with E-state index in [1.54, 1.807) is 11.8 Å². The lowest BCUT2D eigenvalue weighted by Crippen LogP contribution is -2.62. The first-order valence-corrected chi connectivity index (χ1v) is 12.4. The predicted octanol–water partition coefficient (Wildman–Crippen LogP) is 3.70. The number of para-hydroxylation sites is 1. The minimum absolute atomic E-state index is 0.0310. The topological polar surface area (TPSA) is 81.1 Å². The first-order chi connectivity index (χ1) is 15.1. The largest absolute Gasteiger partial charge is 0.485 e. The highest BCUT2D eigenvalue weighted by Gasteiger charge is 2.37. The van der Waals surface area contributed by atoms with E-state index in [1.165, 1.54) is 12.0 Å². The van der Waals surface area contributed by atoms with E-state index >= 15 is 0 Å². The van der Waals surface area contributed by atoms with Gasteiger partial charge in [-0.15, -0.1) is 10.2 Å². The van der Waals surface area contributed by atoms with Crippen LogP contribution in [-0.4, -0.2) is 38.6 Å². The lowest BCUT2D eigenvalue weighted by Gasteiger charge is -2.40. The van der Waals surface area contributed by atoms with Crippen LogP contribution in [-0.2, 0) is 17.9 Å². The molecule has 1 amide bonds. The van der Waals surface area contributed by atoms with Crippen molar-refractivity contribution < 1.29 is 9.53 Å². The van der Waals surface area contributed by atoms with Gasteiger partial charge in [-0.05, 0) is 37.3 Å². The molecule has 8 heteroatoms. The van der Waals surface area contributed by atoms with Gasteiger partial charge >= 0.3 is 0 Å². The van der Waals surface area contributed by atoms with E-state index in [2.05, 4.69) is 52.2 Å². The van der Waals surface area contributed by atoms with Crippen molar-refractivity contribution in [2.45, 2.75) is 82.9 Å². The summed E-state index contributed by atoms with van der Waals surface area (Å²) in [7, 11) is 0. The minimum Gasteiger partial charge on any atom is -0.485 e. The van der Waals surface area contributed by atoms with Crippen LogP contribution in [0.2, 0.25) is 0 Å². The Morgan fingerprint density at radius 1 is 1.23 bits per heavy atom. The number of benzene rings is 1. The normalized spacial score (nSPS) is 23.5. The van der Waals surface area contributed by atoms with E-state index in [1.807, 2.05) is 18.2 Å². The van der Waals surface area contributed by atoms with Crippen molar-refractivity contribution in [3.63, 3.8) is 0 Å². The van der Waals surface area contributed by atoms with E-state index in [0.717, 1.165) is 48.3 Å². The number of carbonyl (C=O) groups excluding carboxylic acids is 1. The van der Waals surface area contributed by atoms with Gasteiger partial charge in [0.15, 0.2) is 11.0 Å². The van der Waals surface area contributed by atoms with Gasteiger partial charge in [-0.3, -0.25) is 10.1 Å². The number of rotatable bonds is 8. The van der Waals surface area contributed by atoms with Gasteiger partial charge in [0, 0.05) is 18.3 Å². The van der Waals surface area contributed by atoms with Gasteiger partial charge in [0.2, 0.25) is 5.91 Å². The summed E-state index contributed by atoms with van der Waals surface area (Å²) < 4.78 is 8.20. The Morgan fingerprint density at radius 2 is 2.03 bits per heavy atom. The lowest BCUT2D eigenvalue weighted by atomic mass is 9.82. The van der Waals surface area contributed by atoms with Crippen LogP contribution in [0.15, 0.2) is 29.4 Å². The van der Waals surface area contributed by atoms with Crippen LogP contribution in [0.3, 0.4) is 0 Å². The number of nitrogens with zero attached hydrogens (tertiary/aromatic N) is 3. The fraction of sp³-hybridized carbons (Fsp3) is 0.609. The maximum atomic E-state index is 12.5. The second-order valence-corrected chi connectivity index (χ2v) is 9.65. The standard InChI is InChI=1S/C23H33N5O2S/c1-4-28-21(13-30-19-12-8-6-9-16(19)15(2)3)26-27-23(28)31-14-20-24-18-11-7-5-10-17(18)22(29)25-20/h6,8-9,12,15,17-18,20,24H,4-5,7,10-11,13-14H2,1-3H3,(H,25,29). The van der Waals surface area contributed by atoms with Crippen molar-refractivity contribution >= 4 is 17.7 Å². The summed E-state index contributed by atoms with van der Waals surface area (Å²) >= 11 is 1.63. The van der Waals surface area contributed by atoms with Crippen LogP contribution in [0.5, 0.6) is 5.75 Å². The SMILES string of the molecule is CCn1c(COc2ccccc2C(C)C)nnc1SCC1NC(=O)C2CCCCC2N1. The van der Waals surface area contributed by atoms with Crippen molar-refractivity contribution in [3.8, 4) is 5.75 Å². The fourth-order valence-corrected chi connectivity index (χ4v) is 5.54. The van der Waals surface area contributed by atoms with Crippen molar-refractivity contribution in [3.05, 3.63) is 35.7 Å². The van der Waals surface area contributed by atoms with Crippen LogP contribution in [0.1, 0.15) is 63.8 Å². The smallest absolute Gasteiger partial charge is 0.225 e. The Bertz CT molecular complexity index is 900. The van der Waals surface area contributed by atoms with Crippen molar-refractivity contribution in [1.29, 1.82) is 0 Å². The van der Waals surface area contributed by atoms with Gasteiger partial charge in [0.05, 0.1) is 12.1 Å². The van der Waals surface area contributed by atoms with E-state index in [9.17, 15) is 4.79 Å². The zero-order chi connectivity index (χ0) is 21.8. The molecule has 168 valence electrons. The summed E-state index contributed by atoms with van der Waals surface area (Å²) in [6.07, 6.45) is 4.41. The molecule has 1 saturated heterocycles. The number of carbonyl (C=O) groups is 1.